The average Bonchev–Trinajstić information content (AvgIpc) is 2.76. The molecule has 182 valence electrons. The van der Waals surface area contributed by atoms with E-state index in [1.807, 2.05) is 0 Å². The van der Waals surface area contributed by atoms with Gasteiger partial charge in [0.05, 0.1) is 0 Å². The topological polar surface area (TPSA) is 36.9 Å². The summed E-state index contributed by atoms with van der Waals surface area (Å²) in [5.41, 5.74) is 0. The Morgan fingerprint density at radius 3 is 0.933 bits per heavy atom. The molecule has 4 nitrogen and oxygen atoms in total. The first-order valence-electron chi connectivity index (χ1n) is 13.2. The molecular formula is C25H54O4Si. The lowest BCUT2D eigenvalue weighted by molar-refractivity contribution is -0.0246. The van der Waals surface area contributed by atoms with Crippen molar-refractivity contribution in [1.82, 2.24) is 0 Å². The molecule has 0 radical (unpaired) electrons. The lowest BCUT2D eigenvalue weighted by atomic mass is 10.1. The van der Waals surface area contributed by atoms with E-state index in [1.54, 1.807) is 7.11 Å². The minimum atomic E-state index is -3.00. The third-order valence-electron chi connectivity index (χ3n) is 5.58. The molecule has 0 fully saturated rings. The van der Waals surface area contributed by atoms with Gasteiger partial charge in [-0.2, -0.15) is 0 Å². The van der Waals surface area contributed by atoms with Crippen molar-refractivity contribution in [3.8, 4) is 0 Å². The largest absolute Gasteiger partial charge is 0.679 e. The van der Waals surface area contributed by atoms with Crippen molar-refractivity contribution in [2.75, 3.05) is 26.9 Å². The van der Waals surface area contributed by atoms with Crippen molar-refractivity contribution in [3.63, 3.8) is 0 Å². The van der Waals surface area contributed by atoms with Crippen LogP contribution < -0.4 is 0 Å². The molecule has 5 heteroatoms. The van der Waals surface area contributed by atoms with Crippen LogP contribution in [0.1, 0.15) is 136 Å². The van der Waals surface area contributed by atoms with Crippen molar-refractivity contribution in [3.05, 3.63) is 0 Å². The summed E-state index contributed by atoms with van der Waals surface area (Å²) in [6.07, 6.45) is 22.5. The van der Waals surface area contributed by atoms with Crippen LogP contribution in [0.5, 0.6) is 0 Å². The second-order valence-corrected chi connectivity index (χ2v) is 10.8. The first-order chi connectivity index (χ1) is 14.7. The Morgan fingerprint density at radius 2 is 0.667 bits per heavy atom. The smallest absolute Gasteiger partial charge is 0.355 e. The van der Waals surface area contributed by atoms with Gasteiger partial charge in [0, 0.05) is 26.9 Å². The van der Waals surface area contributed by atoms with E-state index < -0.39 is 9.05 Å². The van der Waals surface area contributed by atoms with Gasteiger partial charge in [-0.15, -0.1) is 0 Å². The fourth-order valence-electron chi connectivity index (χ4n) is 3.54. The number of unbranched alkanes of at least 4 members (excludes halogenated alkanes) is 15. The molecular weight excluding hydrogens is 392 g/mol. The molecule has 0 atom stereocenters. The second kappa shape index (κ2) is 23.7. The molecule has 0 rings (SSSR count). The molecule has 0 aromatic heterocycles. The first kappa shape index (κ1) is 30.1. The Kier molecular flexibility index (Phi) is 23.8. The molecule has 0 aromatic carbocycles. The fourth-order valence-corrected chi connectivity index (χ4v) is 5.33. The Labute approximate surface area is 190 Å². The molecule has 0 aliphatic rings. The highest BCUT2D eigenvalue weighted by molar-refractivity contribution is 6.53. The minimum Gasteiger partial charge on any atom is -0.355 e. The van der Waals surface area contributed by atoms with E-state index in [-0.39, 0.29) is 0 Å². The summed E-state index contributed by atoms with van der Waals surface area (Å²) >= 11 is 0. The Bertz CT molecular complexity index is 283. The van der Waals surface area contributed by atoms with Gasteiger partial charge in [-0.3, -0.25) is 0 Å². The van der Waals surface area contributed by atoms with E-state index in [9.17, 15) is 0 Å². The minimum absolute atomic E-state index is 0.680. The maximum absolute atomic E-state index is 6.15. The molecule has 0 N–H and O–H groups in total. The highest BCUT2D eigenvalue weighted by Crippen LogP contribution is 2.16. The Morgan fingerprint density at radius 1 is 0.400 bits per heavy atom. The average molecular weight is 447 g/mol. The van der Waals surface area contributed by atoms with E-state index in [4.69, 9.17) is 17.7 Å². The lowest BCUT2D eigenvalue weighted by Crippen LogP contribution is -2.49. The van der Waals surface area contributed by atoms with Gasteiger partial charge < -0.3 is 17.7 Å². The number of hydrogen-bond donors (Lipinski definition) is 0. The third-order valence-corrected chi connectivity index (χ3v) is 7.75. The Hall–Kier alpha value is 0.0569. The van der Waals surface area contributed by atoms with Crippen LogP contribution in [0.25, 0.3) is 0 Å². The van der Waals surface area contributed by atoms with Crippen molar-refractivity contribution in [1.29, 1.82) is 0 Å². The third kappa shape index (κ3) is 18.8. The zero-order valence-electron chi connectivity index (χ0n) is 21.0. The van der Waals surface area contributed by atoms with Crippen molar-refractivity contribution in [2.24, 2.45) is 0 Å². The molecule has 0 aromatic rings. The lowest BCUT2D eigenvalue weighted by Gasteiger charge is -2.27. The molecule has 0 amide bonds. The van der Waals surface area contributed by atoms with E-state index in [0.29, 0.717) is 19.8 Å². The summed E-state index contributed by atoms with van der Waals surface area (Å²) < 4.78 is 24.2. The van der Waals surface area contributed by atoms with Crippen LogP contribution in [0.4, 0.5) is 0 Å². The normalized spacial score (nSPS) is 12.0. The van der Waals surface area contributed by atoms with E-state index in [2.05, 4.69) is 20.8 Å². The molecule has 0 saturated carbocycles. The summed E-state index contributed by atoms with van der Waals surface area (Å²) in [6.45, 7) is 8.80. The van der Waals surface area contributed by atoms with Gasteiger partial charge in [-0.25, -0.2) is 0 Å². The van der Waals surface area contributed by atoms with Crippen LogP contribution in [0.2, 0.25) is 0 Å². The predicted molar refractivity (Wildman–Crippen MR) is 131 cm³/mol. The molecule has 30 heavy (non-hydrogen) atoms. The number of rotatable bonds is 25. The zero-order valence-corrected chi connectivity index (χ0v) is 22.0. The molecule has 0 bridgehead atoms. The summed E-state index contributed by atoms with van der Waals surface area (Å²) in [5.74, 6) is 0. The van der Waals surface area contributed by atoms with E-state index >= 15 is 0 Å². The fraction of sp³-hybridized carbons (Fsp3) is 1.00. The van der Waals surface area contributed by atoms with Crippen LogP contribution >= 0.6 is 0 Å². The summed E-state index contributed by atoms with van der Waals surface area (Å²) in [7, 11) is -1.31. The van der Waals surface area contributed by atoms with Crippen molar-refractivity contribution in [2.45, 2.75) is 136 Å². The van der Waals surface area contributed by atoms with Crippen LogP contribution in [-0.2, 0) is 17.7 Å². The van der Waals surface area contributed by atoms with E-state index in [0.717, 1.165) is 19.3 Å². The SMILES string of the molecule is CCCCCCCCO[Si](OC)(OCCCCCCCC)OCCCCCCCC. The molecule has 0 aliphatic carbocycles. The highest BCUT2D eigenvalue weighted by atomic mass is 28.4. The van der Waals surface area contributed by atoms with E-state index in [1.165, 1.54) is 96.3 Å². The van der Waals surface area contributed by atoms with Gasteiger partial charge in [0.25, 0.3) is 0 Å². The van der Waals surface area contributed by atoms with Crippen LogP contribution in [0.15, 0.2) is 0 Å². The van der Waals surface area contributed by atoms with Gasteiger partial charge >= 0.3 is 9.05 Å². The van der Waals surface area contributed by atoms with Crippen molar-refractivity contribution < 1.29 is 17.7 Å². The molecule has 0 heterocycles. The summed E-state index contributed by atoms with van der Waals surface area (Å²) in [5, 5.41) is 0. The first-order valence-corrected chi connectivity index (χ1v) is 14.8. The van der Waals surface area contributed by atoms with Gasteiger partial charge in [0.1, 0.15) is 0 Å². The van der Waals surface area contributed by atoms with Crippen LogP contribution in [-0.4, -0.2) is 36.0 Å². The standard InChI is InChI=1S/C25H54O4Si/c1-5-8-11-14-17-20-23-27-30(26-4,28-24-21-18-15-12-9-6-2)29-25-22-19-16-13-10-7-3/h5-25H2,1-4H3. The molecule has 0 aliphatic heterocycles. The maximum Gasteiger partial charge on any atom is 0.679 e. The van der Waals surface area contributed by atoms with Crippen molar-refractivity contribution >= 4 is 9.05 Å². The highest BCUT2D eigenvalue weighted by Gasteiger charge is 2.44. The molecule has 0 saturated heterocycles. The van der Waals surface area contributed by atoms with Gasteiger partial charge in [-0.1, -0.05) is 117 Å². The molecule has 0 unspecified atom stereocenters. The zero-order chi connectivity index (χ0) is 22.2. The van der Waals surface area contributed by atoms with Gasteiger partial charge in [-0.05, 0) is 19.3 Å². The maximum atomic E-state index is 6.15. The van der Waals surface area contributed by atoms with Gasteiger partial charge in [0.2, 0.25) is 0 Å². The van der Waals surface area contributed by atoms with Gasteiger partial charge in [0.15, 0.2) is 0 Å². The monoisotopic (exact) mass is 446 g/mol. The van der Waals surface area contributed by atoms with Crippen LogP contribution in [0, 0.1) is 0 Å². The predicted octanol–water partition coefficient (Wildman–Crippen LogP) is 8.20. The Balaban J connectivity index is 4.23. The number of hydrogen-bond acceptors (Lipinski definition) is 4. The van der Waals surface area contributed by atoms with Crippen LogP contribution in [0.3, 0.4) is 0 Å². The summed E-state index contributed by atoms with van der Waals surface area (Å²) in [6, 6.07) is 0. The second-order valence-electron chi connectivity index (χ2n) is 8.55. The molecule has 0 spiro atoms. The quantitative estimate of drug-likeness (QED) is 0.105. The summed E-state index contributed by atoms with van der Waals surface area (Å²) in [4.78, 5) is 0.